The molecule has 80 valence electrons. The van der Waals surface area contributed by atoms with Crippen molar-refractivity contribution in [1.82, 2.24) is 0 Å². The van der Waals surface area contributed by atoms with Gasteiger partial charge in [-0.15, -0.1) is 0 Å². The van der Waals surface area contributed by atoms with Gasteiger partial charge in [-0.2, -0.15) is 0 Å². The molecule has 0 bridgehead atoms. The van der Waals surface area contributed by atoms with Gasteiger partial charge in [-0.25, -0.2) is 4.39 Å². The summed E-state index contributed by atoms with van der Waals surface area (Å²) in [4.78, 5) is 10.4. The fraction of sp³-hybridized carbons (Fsp3) is 0.182. The van der Waals surface area contributed by atoms with Gasteiger partial charge in [0, 0.05) is 6.54 Å². The summed E-state index contributed by atoms with van der Waals surface area (Å²) >= 11 is 0. The summed E-state index contributed by atoms with van der Waals surface area (Å²) in [7, 11) is 0. The van der Waals surface area contributed by atoms with E-state index in [1.807, 2.05) is 0 Å². The number of aliphatic carboxylic acids is 1. The zero-order valence-electron chi connectivity index (χ0n) is 8.11. The van der Waals surface area contributed by atoms with Crippen LogP contribution < -0.4 is 5.73 Å². The van der Waals surface area contributed by atoms with Crippen molar-refractivity contribution in [3.05, 3.63) is 41.2 Å². The van der Waals surface area contributed by atoms with Crippen molar-refractivity contribution in [2.45, 2.75) is 6.42 Å². The van der Waals surface area contributed by atoms with Crippen LogP contribution in [-0.4, -0.2) is 17.6 Å². The van der Waals surface area contributed by atoms with Crippen molar-refractivity contribution >= 4 is 12.0 Å². The molecule has 0 heterocycles. The highest BCUT2D eigenvalue weighted by Gasteiger charge is 2.06. The van der Waals surface area contributed by atoms with Crippen LogP contribution in [0.25, 0.3) is 6.08 Å². The lowest BCUT2D eigenvalue weighted by molar-refractivity contribution is -0.136. The molecule has 0 spiro atoms. The zero-order chi connectivity index (χ0) is 11.3. The maximum absolute atomic E-state index is 13.3. The molecule has 3 N–H and O–H groups in total. The average Bonchev–Trinajstić information content (AvgIpc) is 2.18. The molecule has 3 nitrogen and oxygen atoms in total. The summed E-state index contributed by atoms with van der Waals surface area (Å²) in [6.07, 6.45) is 3.09. The summed E-state index contributed by atoms with van der Waals surface area (Å²) in [6, 6.07) is 4.43. The number of halogens is 1. The van der Waals surface area contributed by atoms with E-state index in [1.54, 1.807) is 18.2 Å². The van der Waals surface area contributed by atoms with Crippen LogP contribution in [0.1, 0.15) is 11.1 Å². The Morgan fingerprint density at radius 3 is 2.80 bits per heavy atom. The largest absolute Gasteiger partial charge is 0.481 e. The van der Waals surface area contributed by atoms with Crippen LogP contribution >= 0.6 is 0 Å². The molecular formula is C11H12FNO2. The monoisotopic (exact) mass is 209 g/mol. The molecule has 0 saturated carbocycles. The van der Waals surface area contributed by atoms with Crippen molar-refractivity contribution in [3.8, 4) is 0 Å². The quantitative estimate of drug-likeness (QED) is 0.788. The van der Waals surface area contributed by atoms with Crippen LogP contribution in [0.15, 0.2) is 24.3 Å². The maximum Gasteiger partial charge on any atom is 0.307 e. The molecule has 0 saturated heterocycles. The Morgan fingerprint density at radius 2 is 2.27 bits per heavy atom. The predicted octanol–water partition coefficient (Wildman–Crippen LogP) is 1.42. The van der Waals surface area contributed by atoms with Crippen molar-refractivity contribution in [3.63, 3.8) is 0 Å². The van der Waals surface area contributed by atoms with Gasteiger partial charge in [-0.05, 0) is 17.2 Å². The number of rotatable bonds is 4. The van der Waals surface area contributed by atoms with E-state index in [0.717, 1.165) is 0 Å². The number of hydrogen-bond acceptors (Lipinski definition) is 2. The van der Waals surface area contributed by atoms with E-state index in [-0.39, 0.29) is 12.0 Å². The molecule has 0 amide bonds. The third-order valence-electron chi connectivity index (χ3n) is 1.87. The molecule has 0 unspecified atom stereocenters. The Labute approximate surface area is 87.0 Å². The standard InChI is InChI=1S/C11H12FNO2/c12-10-6-8(2-1-5-13)3-4-9(10)7-11(14)15/h1-4,6H,5,7,13H2,(H,14,15). The summed E-state index contributed by atoms with van der Waals surface area (Å²) in [5.74, 6) is -1.55. The van der Waals surface area contributed by atoms with Gasteiger partial charge >= 0.3 is 5.97 Å². The van der Waals surface area contributed by atoms with Gasteiger partial charge in [0.2, 0.25) is 0 Å². The van der Waals surface area contributed by atoms with E-state index in [9.17, 15) is 9.18 Å². The van der Waals surface area contributed by atoms with Gasteiger partial charge in [0.1, 0.15) is 5.82 Å². The minimum absolute atomic E-state index is 0.187. The highest BCUT2D eigenvalue weighted by molar-refractivity contribution is 5.70. The molecule has 15 heavy (non-hydrogen) atoms. The summed E-state index contributed by atoms with van der Waals surface area (Å²) < 4.78 is 13.3. The average molecular weight is 209 g/mol. The Balaban J connectivity index is 2.87. The number of benzene rings is 1. The molecule has 1 rings (SSSR count). The Hall–Kier alpha value is -1.68. The van der Waals surface area contributed by atoms with E-state index in [0.29, 0.717) is 12.1 Å². The maximum atomic E-state index is 13.3. The smallest absolute Gasteiger partial charge is 0.307 e. The summed E-state index contributed by atoms with van der Waals surface area (Å²) in [5.41, 5.74) is 6.11. The Kier molecular flexibility index (Phi) is 4.00. The molecule has 1 aromatic rings. The van der Waals surface area contributed by atoms with Gasteiger partial charge < -0.3 is 10.8 Å². The van der Waals surface area contributed by atoms with Crippen LogP contribution in [0.3, 0.4) is 0 Å². The molecule has 4 heteroatoms. The predicted molar refractivity (Wildman–Crippen MR) is 55.8 cm³/mol. The zero-order valence-corrected chi connectivity index (χ0v) is 8.11. The minimum atomic E-state index is -1.04. The highest BCUT2D eigenvalue weighted by atomic mass is 19.1. The van der Waals surface area contributed by atoms with Crippen LogP contribution in [-0.2, 0) is 11.2 Å². The molecule has 0 aliphatic heterocycles. The number of carbonyl (C=O) groups is 1. The molecule has 1 aromatic carbocycles. The van der Waals surface area contributed by atoms with Gasteiger partial charge in [0.05, 0.1) is 6.42 Å². The van der Waals surface area contributed by atoms with Crippen LogP contribution in [0.2, 0.25) is 0 Å². The van der Waals surface area contributed by atoms with E-state index in [2.05, 4.69) is 0 Å². The topological polar surface area (TPSA) is 63.3 Å². The first-order valence-corrected chi connectivity index (χ1v) is 4.50. The fourth-order valence-electron chi connectivity index (χ4n) is 1.18. The minimum Gasteiger partial charge on any atom is -0.481 e. The van der Waals surface area contributed by atoms with E-state index in [1.165, 1.54) is 12.1 Å². The van der Waals surface area contributed by atoms with Gasteiger partial charge in [-0.1, -0.05) is 24.3 Å². The van der Waals surface area contributed by atoms with E-state index < -0.39 is 11.8 Å². The van der Waals surface area contributed by atoms with Crippen LogP contribution in [0.4, 0.5) is 4.39 Å². The highest BCUT2D eigenvalue weighted by Crippen LogP contribution is 2.12. The summed E-state index contributed by atoms with van der Waals surface area (Å²) in [6.45, 7) is 0.387. The summed E-state index contributed by atoms with van der Waals surface area (Å²) in [5, 5.41) is 8.50. The lowest BCUT2D eigenvalue weighted by atomic mass is 10.1. The van der Waals surface area contributed by atoms with Crippen molar-refractivity contribution in [1.29, 1.82) is 0 Å². The molecule has 0 radical (unpaired) electrons. The molecular weight excluding hydrogens is 197 g/mol. The molecule has 0 aliphatic carbocycles. The molecule has 0 aliphatic rings. The van der Waals surface area contributed by atoms with Gasteiger partial charge in [0.15, 0.2) is 0 Å². The number of hydrogen-bond donors (Lipinski definition) is 2. The third-order valence-corrected chi connectivity index (χ3v) is 1.87. The van der Waals surface area contributed by atoms with E-state index >= 15 is 0 Å². The molecule has 0 aromatic heterocycles. The Bertz CT molecular complexity index is 388. The lowest BCUT2D eigenvalue weighted by Crippen LogP contribution is -2.02. The fourth-order valence-corrected chi connectivity index (χ4v) is 1.18. The first-order valence-electron chi connectivity index (χ1n) is 4.50. The second-order valence-electron chi connectivity index (χ2n) is 3.06. The van der Waals surface area contributed by atoms with Crippen molar-refractivity contribution in [2.75, 3.05) is 6.54 Å². The molecule has 0 fully saturated rings. The van der Waals surface area contributed by atoms with Gasteiger partial charge in [-0.3, -0.25) is 4.79 Å². The van der Waals surface area contributed by atoms with Crippen molar-refractivity contribution < 1.29 is 14.3 Å². The van der Waals surface area contributed by atoms with Crippen molar-refractivity contribution in [2.24, 2.45) is 5.73 Å². The Morgan fingerprint density at radius 1 is 1.53 bits per heavy atom. The van der Waals surface area contributed by atoms with E-state index in [4.69, 9.17) is 10.8 Å². The SMILES string of the molecule is NCC=Cc1ccc(CC(=O)O)c(F)c1. The number of nitrogens with two attached hydrogens (primary N) is 1. The number of carboxylic acid groups (broad SMARTS) is 1. The first kappa shape index (κ1) is 11.4. The van der Waals surface area contributed by atoms with Gasteiger partial charge in [0.25, 0.3) is 0 Å². The number of carboxylic acids is 1. The second-order valence-corrected chi connectivity index (χ2v) is 3.06. The molecule has 0 atom stereocenters. The second kappa shape index (κ2) is 5.26. The normalized spacial score (nSPS) is 10.8. The third kappa shape index (κ3) is 3.52. The lowest BCUT2D eigenvalue weighted by Gasteiger charge is -2.00. The van der Waals surface area contributed by atoms with Crippen LogP contribution in [0, 0.1) is 5.82 Å². The first-order chi connectivity index (χ1) is 7.13. The van der Waals surface area contributed by atoms with Crippen LogP contribution in [0.5, 0.6) is 0 Å².